The van der Waals surface area contributed by atoms with Crippen LogP contribution in [-0.4, -0.2) is 54.5 Å². The molecule has 2 aromatic carbocycles. The van der Waals surface area contributed by atoms with E-state index in [4.69, 9.17) is 24.0 Å². The first-order valence-corrected chi connectivity index (χ1v) is 12.9. The average Bonchev–Trinajstić information content (AvgIpc) is 3.07. The van der Waals surface area contributed by atoms with Crippen molar-refractivity contribution in [1.82, 2.24) is 0 Å². The lowest BCUT2D eigenvalue weighted by Gasteiger charge is -2.32. The van der Waals surface area contributed by atoms with Gasteiger partial charge in [0.15, 0.2) is 5.75 Å². The van der Waals surface area contributed by atoms with Crippen LogP contribution in [0.5, 0.6) is 11.5 Å². The highest BCUT2D eigenvalue weighted by Gasteiger charge is 2.51. The van der Waals surface area contributed by atoms with E-state index in [0.717, 1.165) is 22.3 Å². The lowest BCUT2D eigenvalue weighted by Crippen LogP contribution is -2.41. The van der Waals surface area contributed by atoms with Crippen molar-refractivity contribution < 1.29 is 28.8 Å². The number of rotatable bonds is 2. The summed E-state index contributed by atoms with van der Waals surface area (Å²) < 4.78 is 18.5. The van der Waals surface area contributed by atoms with Crippen molar-refractivity contribution in [1.29, 1.82) is 0 Å². The van der Waals surface area contributed by atoms with Gasteiger partial charge in [-0.3, -0.25) is 9.79 Å². The summed E-state index contributed by atoms with van der Waals surface area (Å²) in [4.78, 5) is 20.4. The SMILES string of the molecule is CC(C)(C)C1CN=Cc2cc(B3OC(C)(C)C(C)(C)O3)ccc2O1.O=C(O)C1C=NOc2ccccc2C1. The summed E-state index contributed by atoms with van der Waals surface area (Å²) >= 11 is 0. The van der Waals surface area contributed by atoms with Crippen LogP contribution < -0.4 is 15.0 Å². The highest BCUT2D eigenvalue weighted by atomic mass is 16.7. The molecule has 0 bridgehead atoms. The molecule has 0 amide bonds. The number of ether oxygens (including phenoxy) is 1. The highest BCUT2D eigenvalue weighted by molar-refractivity contribution is 6.62. The molecule has 9 heteroatoms. The van der Waals surface area contributed by atoms with Crippen molar-refractivity contribution in [2.24, 2.45) is 21.5 Å². The monoisotopic (exact) mass is 520 g/mol. The van der Waals surface area contributed by atoms with E-state index in [0.29, 0.717) is 18.7 Å². The number of carbonyl (C=O) groups is 1. The number of nitrogens with zero attached hydrogens (tertiary/aromatic N) is 2. The Bertz CT molecular complexity index is 1220. The van der Waals surface area contributed by atoms with E-state index in [2.05, 4.69) is 64.7 Å². The summed E-state index contributed by atoms with van der Waals surface area (Å²) in [5.74, 6) is 0.0247. The van der Waals surface area contributed by atoms with Gasteiger partial charge in [0.1, 0.15) is 11.9 Å². The zero-order chi connectivity index (χ0) is 27.7. The number of benzene rings is 2. The summed E-state index contributed by atoms with van der Waals surface area (Å²) in [5, 5.41) is 12.5. The summed E-state index contributed by atoms with van der Waals surface area (Å²) in [6, 6.07) is 13.4. The number of aliphatic imine (C=N–C) groups is 1. The number of carboxylic acid groups (broad SMARTS) is 1. The molecule has 8 nitrogen and oxygen atoms in total. The minimum atomic E-state index is -0.881. The van der Waals surface area contributed by atoms with Gasteiger partial charge in [-0.1, -0.05) is 50.2 Å². The van der Waals surface area contributed by atoms with Gasteiger partial charge in [0.25, 0.3) is 0 Å². The van der Waals surface area contributed by atoms with Crippen LogP contribution in [0.2, 0.25) is 0 Å². The number of carboxylic acids is 1. The van der Waals surface area contributed by atoms with E-state index >= 15 is 0 Å². The molecule has 38 heavy (non-hydrogen) atoms. The van der Waals surface area contributed by atoms with Crippen molar-refractivity contribution in [3.8, 4) is 11.5 Å². The lowest BCUT2D eigenvalue weighted by atomic mass is 9.78. The molecular formula is C29H37BN2O6. The molecule has 3 heterocycles. The van der Waals surface area contributed by atoms with Crippen LogP contribution >= 0.6 is 0 Å². The van der Waals surface area contributed by atoms with Gasteiger partial charge in [-0.15, -0.1) is 0 Å². The fourth-order valence-electron chi connectivity index (χ4n) is 4.15. The molecule has 3 aliphatic rings. The second kappa shape index (κ2) is 10.5. The molecule has 1 saturated heterocycles. The minimum Gasteiger partial charge on any atom is -0.487 e. The zero-order valence-electron chi connectivity index (χ0n) is 23.2. The number of para-hydroxylation sites is 1. The van der Waals surface area contributed by atoms with Crippen molar-refractivity contribution in [3.63, 3.8) is 0 Å². The molecular weight excluding hydrogens is 483 g/mol. The molecule has 202 valence electrons. The van der Waals surface area contributed by atoms with Crippen LogP contribution in [0.25, 0.3) is 0 Å². The largest absolute Gasteiger partial charge is 0.494 e. The maximum Gasteiger partial charge on any atom is 0.494 e. The summed E-state index contributed by atoms with van der Waals surface area (Å²) in [6.45, 7) is 15.5. The Morgan fingerprint density at radius 1 is 1.03 bits per heavy atom. The maximum absolute atomic E-state index is 10.8. The van der Waals surface area contributed by atoms with Gasteiger partial charge in [-0.05, 0) is 63.3 Å². The van der Waals surface area contributed by atoms with Crippen LogP contribution in [0.1, 0.15) is 59.6 Å². The van der Waals surface area contributed by atoms with Gasteiger partial charge < -0.3 is 24.0 Å². The molecule has 2 unspecified atom stereocenters. The second-order valence-electron chi connectivity index (χ2n) is 12.0. The third-order valence-electron chi connectivity index (χ3n) is 7.42. The number of oxime groups is 1. The van der Waals surface area contributed by atoms with Crippen LogP contribution in [-0.2, 0) is 20.5 Å². The molecule has 0 spiro atoms. The Labute approximate surface area is 225 Å². The lowest BCUT2D eigenvalue weighted by molar-refractivity contribution is -0.139. The number of hydrogen-bond acceptors (Lipinski definition) is 7. The molecule has 3 aliphatic heterocycles. The van der Waals surface area contributed by atoms with E-state index in [1.807, 2.05) is 36.5 Å². The molecule has 0 aliphatic carbocycles. The van der Waals surface area contributed by atoms with E-state index in [9.17, 15) is 4.79 Å². The van der Waals surface area contributed by atoms with Crippen LogP contribution in [0, 0.1) is 11.3 Å². The third-order valence-corrected chi connectivity index (χ3v) is 7.42. The highest BCUT2D eigenvalue weighted by Crippen LogP contribution is 2.37. The molecule has 0 aromatic heterocycles. The Morgan fingerprint density at radius 3 is 2.37 bits per heavy atom. The summed E-state index contributed by atoms with van der Waals surface area (Å²) in [5.41, 5.74) is 2.21. The molecule has 2 aromatic rings. The predicted molar refractivity (Wildman–Crippen MR) is 149 cm³/mol. The fourth-order valence-corrected chi connectivity index (χ4v) is 4.15. The topological polar surface area (TPSA) is 98.9 Å². The standard InChI is InChI=1S/C19H28BNO3.C10H9NO3/c1-17(2,3)16-12-21-11-13-10-14(8-9-15(13)22-16)20-23-18(4,5)19(6,7)24-20;12-10(13)8-5-7-3-1-2-4-9(7)14-11-6-8/h8-11,16H,12H2,1-7H3;1-4,6,8H,5H2,(H,12,13). The number of hydrogen-bond donors (Lipinski definition) is 1. The summed E-state index contributed by atoms with van der Waals surface area (Å²) in [7, 11) is -0.365. The fraction of sp³-hybridized carbons (Fsp3) is 0.483. The second-order valence-corrected chi connectivity index (χ2v) is 12.0. The van der Waals surface area contributed by atoms with Crippen LogP contribution in [0.3, 0.4) is 0 Å². The predicted octanol–water partition coefficient (Wildman–Crippen LogP) is 4.52. The minimum absolute atomic E-state index is 0.0450. The zero-order valence-corrected chi connectivity index (χ0v) is 23.2. The van der Waals surface area contributed by atoms with Crippen molar-refractivity contribution >= 4 is 31.0 Å². The van der Waals surface area contributed by atoms with Gasteiger partial charge in [0.2, 0.25) is 0 Å². The van der Waals surface area contributed by atoms with Crippen LogP contribution in [0.4, 0.5) is 0 Å². The first-order valence-electron chi connectivity index (χ1n) is 12.9. The maximum atomic E-state index is 10.8. The smallest absolute Gasteiger partial charge is 0.487 e. The molecule has 2 atom stereocenters. The molecule has 5 rings (SSSR count). The number of aliphatic carboxylic acids is 1. The van der Waals surface area contributed by atoms with Crippen molar-refractivity contribution in [3.05, 3.63) is 53.6 Å². The van der Waals surface area contributed by atoms with Gasteiger partial charge in [0.05, 0.1) is 29.9 Å². The van der Waals surface area contributed by atoms with Gasteiger partial charge in [0, 0.05) is 17.2 Å². The van der Waals surface area contributed by atoms with E-state index in [1.54, 1.807) is 6.07 Å². The molecule has 1 N–H and O–H groups in total. The van der Waals surface area contributed by atoms with E-state index < -0.39 is 11.9 Å². The van der Waals surface area contributed by atoms with Gasteiger partial charge in [-0.2, -0.15) is 0 Å². The Kier molecular flexibility index (Phi) is 7.73. The Balaban J connectivity index is 0.000000204. The average molecular weight is 520 g/mol. The normalized spacial score (nSPS) is 23.0. The first kappa shape index (κ1) is 27.9. The van der Waals surface area contributed by atoms with Crippen LogP contribution in [0.15, 0.2) is 52.6 Å². The van der Waals surface area contributed by atoms with E-state index in [1.165, 1.54) is 6.21 Å². The quantitative estimate of drug-likeness (QED) is 0.585. The molecule has 1 fully saturated rings. The summed E-state index contributed by atoms with van der Waals surface area (Å²) in [6.07, 6.45) is 3.71. The molecule has 0 radical (unpaired) electrons. The first-order chi connectivity index (χ1) is 17.8. The Morgan fingerprint density at radius 2 is 1.71 bits per heavy atom. The molecule has 0 saturated carbocycles. The van der Waals surface area contributed by atoms with E-state index in [-0.39, 0.29) is 29.8 Å². The van der Waals surface area contributed by atoms with Crippen molar-refractivity contribution in [2.75, 3.05) is 6.54 Å². The van der Waals surface area contributed by atoms with Gasteiger partial charge in [-0.25, -0.2) is 0 Å². The number of fused-ring (bicyclic) bond motifs is 2. The Hall–Kier alpha value is -3.17. The third kappa shape index (κ3) is 6.10. The van der Waals surface area contributed by atoms with Gasteiger partial charge >= 0.3 is 13.1 Å². The van der Waals surface area contributed by atoms with Crippen molar-refractivity contribution in [2.45, 2.75) is 72.2 Å².